The molecule has 0 saturated heterocycles. The van der Waals surface area contributed by atoms with Crippen molar-refractivity contribution in [1.29, 1.82) is 0 Å². The van der Waals surface area contributed by atoms with Gasteiger partial charge in [0, 0.05) is 5.56 Å². The first-order valence-electron chi connectivity index (χ1n) is 6.56. The van der Waals surface area contributed by atoms with Gasteiger partial charge in [0.15, 0.2) is 0 Å². The first-order valence-corrected chi connectivity index (χ1v) is 6.56. The van der Waals surface area contributed by atoms with Crippen LogP contribution in [-0.4, -0.2) is 37.6 Å². The zero-order chi connectivity index (χ0) is 14.0. The van der Waals surface area contributed by atoms with Crippen LogP contribution in [0.25, 0.3) is 0 Å². The van der Waals surface area contributed by atoms with E-state index in [-0.39, 0.29) is 6.09 Å². The van der Waals surface area contributed by atoms with Crippen molar-refractivity contribution in [2.75, 3.05) is 13.2 Å². The molecule has 1 aromatic rings. The van der Waals surface area contributed by atoms with E-state index in [1.807, 2.05) is 46.8 Å². The number of carbonyl (C=O) groups is 1. The van der Waals surface area contributed by atoms with Crippen LogP contribution in [0.4, 0.5) is 4.79 Å². The van der Waals surface area contributed by atoms with E-state index >= 15 is 0 Å². The summed E-state index contributed by atoms with van der Waals surface area (Å²) in [4.78, 5) is 13.8. The van der Waals surface area contributed by atoms with Crippen LogP contribution in [0.5, 0.6) is 5.75 Å². The van der Waals surface area contributed by atoms with Crippen molar-refractivity contribution in [1.82, 2.24) is 4.90 Å². The second kappa shape index (κ2) is 5.15. The van der Waals surface area contributed by atoms with E-state index in [4.69, 9.17) is 9.47 Å². The third kappa shape index (κ3) is 3.43. The molecule has 2 rings (SSSR count). The Bertz CT molecular complexity index is 482. The lowest BCUT2D eigenvalue weighted by Crippen LogP contribution is -2.38. The van der Waals surface area contributed by atoms with E-state index < -0.39 is 5.60 Å². The van der Waals surface area contributed by atoms with Gasteiger partial charge < -0.3 is 14.4 Å². The van der Waals surface area contributed by atoms with E-state index in [2.05, 4.69) is 0 Å². The van der Waals surface area contributed by atoms with Gasteiger partial charge in [-0.15, -0.1) is 0 Å². The van der Waals surface area contributed by atoms with Gasteiger partial charge in [-0.2, -0.15) is 0 Å². The van der Waals surface area contributed by atoms with Crippen molar-refractivity contribution in [2.24, 2.45) is 0 Å². The molecule has 1 aliphatic heterocycles. The summed E-state index contributed by atoms with van der Waals surface area (Å²) in [7, 11) is 2.03. The molecule has 1 amide bonds. The number of benzene rings is 1. The van der Waals surface area contributed by atoms with Crippen molar-refractivity contribution in [3.63, 3.8) is 0 Å². The Labute approximate surface area is 115 Å². The normalized spacial score (nSPS) is 15.2. The fraction of sp³-hybridized carbons (Fsp3) is 0.500. The molecule has 19 heavy (non-hydrogen) atoms. The van der Waals surface area contributed by atoms with E-state index in [1.165, 1.54) is 0 Å². The Balaban J connectivity index is 2.18. The van der Waals surface area contributed by atoms with Gasteiger partial charge in [0.25, 0.3) is 0 Å². The highest BCUT2D eigenvalue weighted by Crippen LogP contribution is 2.22. The van der Waals surface area contributed by atoms with Gasteiger partial charge in [0.05, 0.1) is 13.1 Å². The van der Waals surface area contributed by atoms with Crippen LogP contribution in [0, 0.1) is 0 Å². The van der Waals surface area contributed by atoms with Gasteiger partial charge >= 0.3 is 6.09 Å². The fourth-order valence-corrected chi connectivity index (χ4v) is 2.03. The SMILES string of the molecule is Bc1cccc2c1CN(C(=O)OC(C)(C)C)CCO2. The zero-order valence-corrected chi connectivity index (χ0v) is 12.0. The Morgan fingerprint density at radius 1 is 1.42 bits per heavy atom. The molecule has 1 heterocycles. The summed E-state index contributed by atoms with van der Waals surface area (Å²) in [5, 5.41) is 0. The van der Waals surface area contributed by atoms with Crippen LogP contribution in [0.3, 0.4) is 0 Å². The third-order valence-corrected chi connectivity index (χ3v) is 2.99. The standard InChI is InChI=1S/C14H20BNO3/c1-14(2,3)19-13(17)16-7-8-18-12-6-4-5-11(15)10(12)9-16/h4-6H,7-9,15H2,1-3H3. The van der Waals surface area contributed by atoms with E-state index in [0.29, 0.717) is 19.7 Å². The quantitative estimate of drug-likeness (QED) is 0.656. The molecule has 102 valence electrons. The lowest BCUT2D eigenvalue weighted by molar-refractivity contribution is 0.0226. The number of hydrogen-bond donors (Lipinski definition) is 0. The number of fused-ring (bicyclic) bond motifs is 1. The molecule has 0 bridgehead atoms. The number of carbonyl (C=O) groups excluding carboxylic acids is 1. The molecule has 0 unspecified atom stereocenters. The number of rotatable bonds is 0. The maximum Gasteiger partial charge on any atom is 0.410 e. The number of hydrogen-bond acceptors (Lipinski definition) is 3. The lowest BCUT2D eigenvalue weighted by Gasteiger charge is -2.26. The summed E-state index contributed by atoms with van der Waals surface area (Å²) in [6, 6.07) is 5.94. The van der Waals surface area contributed by atoms with Crippen LogP contribution >= 0.6 is 0 Å². The molecule has 1 aromatic carbocycles. The van der Waals surface area contributed by atoms with Gasteiger partial charge in [-0.1, -0.05) is 17.6 Å². The summed E-state index contributed by atoms with van der Waals surface area (Å²) in [6.45, 7) is 7.20. The second-order valence-corrected chi connectivity index (χ2v) is 5.80. The highest BCUT2D eigenvalue weighted by molar-refractivity contribution is 6.33. The summed E-state index contributed by atoms with van der Waals surface area (Å²) >= 11 is 0. The van der Waals surface area contributed by atoms with Crippen molar-refractivity contribution >= 4 is 19.4 Å². The molecule has 4 nitrogen and oxygen atoms in total. The van der Waals surface area contributed by atoms with Gasteiger partial charge in [-0.3, -0.25) is 0 Å². The zero-order valence-electron chi connectivity index (χ0n) is 12.0. The largest absolute Gasteiger partial charge is 0.491 e. The molecule has 0 N–H and O–H groups in total. The van der Waals surface area contributed by atoms with Crippen LogP contribution < -0.4 is 10.2 Å². The molecule has 5 heteroatoms. The minimum atomic E-state index is -0.473. The average Bonchev–Trinajstić information content (AvgIpc) is 2.50. The van der Waals surface area contributed by atoms with Crippen molar-refractivity contribution in [3.8, 4) is 5.75 Å². The fourth-order valence-electron chi connectivity index (χ4n) is 2.03. The van der Waals surface area contributed by atoms with Crippen molar-refractivity contribution in [2.45, 2.75) is 32.9 Å². The third-order valence-electron chi connectivity index (χ3n) is 2.99. The Hall–Kier alpha value is -1.65. The monoisotopic (exact) mass is 261 g/mol. The lowest BCUT2D eigenvalue weighted by atomic mass is 9.90. The molecule has 1 aliphatic rings. The minimum Gasteiger partial charge on any atom is -0.491 e. The maximum atomic E-state index is 12.1. The molecule has 0 aromatic heterocycles. The molecule has 0 atom stereocenters. The van der Waals surface area contributed by atoms with E-state index in [0.717, 1.165) is 16.8 Å². The topological polar surface area (TPSA) is 38.8 Å². The predicted molar refractivity (Wildman–Crippen MR) is 76.8 cm³/mol. The molecule has 0 radical (unpaired) electrons. The molecular formula is C14H20BNO3. The van der Waals surface area contributed by atoms with Crippen LogP contribution in [0.15, 0.2) is 18.2 Å². The summed E-state index contributed by atoms with van der Waals surface area (Å²) in [5.41, 5.74) is 1.72. The van der Waals surface area contributed by atoms with Gasteiger partial charge in [0.1, 0.15) is 25.8 Å². The van der Waals surface area contributed by atoms with Crippen molar-refractivity contribution in [3.05, 3.63) is 23.8 Å². The van der Waals surface area contributed by atoms with Crippen LogP contribution in [0.2, 0.25) is 0 Å². The highest BCUT2D eigenvalue weighted by Gasteiger charge is 2.25. The van der Waals surface area contributed by atoms with Crippen LogP contribution in [0.1, 0.15) is 26.3 Å². The smallest absolute Gasteiger partial charge is 0.410 e. The Morgan fingerprint density at radius 2 is 2.16 bits per heavy atom. The first kappa shape index (κ1) is 13.8. The van der Waals surface area contributed by atoms with E-state index in [1.54, 1.807) is 4.90 Å². The maximum absolute atomic E-state index is 12.1. The number of nitrogens with zero attached hydrogens (tertiary/aromatic N) is 1. The predicted octanol–water partition coefficient (Wildman–Crippen LogP) is 1.07. The Morgan fingerprint density at radius 3 is 2.84 bits per heavy atom. The molecule has 0 fully saturated rings. The average molecular weight is 261 g/mol. The van der Waals surface area contributed by atoms with Gasteiger partial charge in [0.2, 0.25) is 0 Å². The molecular weight excluding hydrogens is 241 g/mol. The Kier molecular flexibility index (Phi) is 3.74. The summed E-state index contributed by atoms with van der Waals surface area (Å²) in [6.07, 6.45) is -0.285. The van der Waals surface area contributed by atoms with Gasteiger partial charge in [-0.05, 0) is 26.8 Å². The number of ether oxygens (including phenoxy) is 2. The molecule has 0 aliphatic carbocycles. The van der Waals surface area contributed by atoms with Crippen LogP contribution in [-0.2, 0) is 11.3 Å². The summed E-state index contributed by atoms with van der Waals surface area (Å²) in [5.74, 6) is 0.867. The second-order valence-electron chi connectivity index (χ2n) is 5.80. The van der Waals surface area contributed by atoms with Crippen molar-refractivity contribution < 1.29 is 14.3 Å². The highest BCUT2D eigenvalue weighted by atomic mass is 16.6. The van der Waals surface area contributed by atoms with Gasteiger partial charge in [-0.25, -0.2) is 4.79 Å². The first-order chi connectivity index (χ1) is 8.87. The minimum absolute atomic E-state index is 0.285. The van der Waals surface area contributed by atoms with E-state index in [9.17, 15) is 4.79 Å². The summed E-state index contributed by atoms with van der Waals surface area (Å²) < 4.78 is 11.1. The number of amides is 1. The molecule has 0 spiro atoms. The molecule has 0 saturated carbocycles.